The summed E-state index contributed by atoms with van der Waals surface area (Å²) in [5, 5.41) is 12.0. The first-order chi connectivity index (χ1) is 12.0. The number of pyridine rings is 1. The number of anilines is 2. The van der Waals surface area contributed by atoms with Gasteiger partial charge in [-0.3, -0.25) is 14.5 Å². The molecule has 0 bridgehead atoms. The normalized spacial score (nSPS) is 18.9. The van der Waals surface area contributed by atoms with Crippen molar-refractivity contribution in [2.24, 2.45) is 0 Å². The van der Waals surface area contributed by atoms with E-state index in [2.05, 4.69) is 15.2 Å². The first-order valence-corrected chi connectivity index (χ1v) is 9.04. The zero-order valence-corrected chi connectivity index (χ0v) is 14.6. The molecule has 1 unspecified atom stereocenters. The van der Waals surface area contributed by atoms with Gasteiger partial charge < -0.3 is 15.3 Å². The van der Waals surface area contributed by atoms with Crippen molar-refractivity contribution in [3.63, 3.8) is 0 Å². The van der Waals surface area contributed by atoms with Crippen LogP contribution in [0, 0.1) is 0 Å². The summed E-state index contributed by atoms with van der Waals surface area (Å²) in [5.74, 6) is -0.156. The number of hydrogen-bond acceptors (Lipinski definition) is 5. The van der Waals surface area contributed by atoms with Gasteiger partial charge in [0.1, 0.15) is 11.9 Å². The smallest absolute Gasteiger partial charge is 0.320 e. The molecule has 2 fully saturated rings. The number of piperidine rings is 1. The summed E-state index contributed by atoms with van der Waals surface area (Å²) in [6.07, 6.45) is 7.24. The molecule has 1 atom stereocenters. The van der Waals surface area contributed by atoms with Crippen LogP contribution in [-0.2, 0) is 9.59 Å². The summed E-state index contributed by atoms with van der Waals surface area (Å²) in [6.45, 7) is 3.78. The van der Waals surface area contributed by atoms with Gasteiger partial charge >= 0.3 is 5.97 Å². The van der Waals surface area contributed by atoms with Crippen LogP contribution in [-0.4, -0.2) is 58.6 Å². The maximum atomic E-state index is 12.3. The van der Waals surface area contributed by atoms with Gasteiger partial charge in [0.05, 0.1) is 18.4 Å². The highest BCUT2D eigenvalue weighted by Crippen LogP contribution is 2.28. The standard InChI is InChI=1S/C18H26N4O3/c1-13(18(24)25)22(15-6-7-15)12-17(23)20-14-5-8-16(19-11-14)21-9-3-2-4-10-21/h5,8,11,13,15H,2-4,6-7,9-10,12H2,1H3,(H,20,23)(H,24,25). The second-order valence-corrected chi connectivity index (χ2v) is 6.92. The van der Waals surface area contributed by atoms with Gasteiger partial charge in [0, 0.05) is 19.1 Å². The second-order valence-electron chi connectivity index (χ2n) is 6.92. The third-order valence-electron chi connectivity index (χ3n) is 4.91. The molecule has 1 amide bonds. The molecular weight excluding hydrogens is 320 g/mol. The van der Waals surface area contributed by atoms with Crippen LogP contribution in [0.25, 0.3) is 0 Å². The Morgan fingerprint density at radius 1 is 1.32 bits per heavy atom. The van der Waals surface area contributed by atoms with Crippen LogP contribution in [0.3, 0.4) is 0 Å². The minimum atomic E-state index is -0.896. The van der Waals surface area contributed by atoms with E-state index in [1.165, 1.54) is 19.3 Å². The summed E-state index contributed by atoms with van der Waals surface area (Å²) < 4.78 is 0. The second kappa shape index (κ2) is 7.82. The largest absolute Gasteiger partial charge is 0.480 e. The van der Waals surface area contributed by atoms with Crippen molar-refractivity contribution in [2.45, 2.75) is 51.1 Å². The first kappa shape index (κ1) is 17.7. The number of rotatable bonds is 7. The number of carbonyl (C=O) groups excluding carboxylic acids is 1. The number of carbonyl (C=O) groups is 2. The van der Waals surface area contributed by atoms with Gasteiger partial charge in [-0.15, -0.1) is 0 Å². The quantitative estimate of drug-likeness (QED) is 0.785. The van der Waals surface area contributed by atoms with Crippen molar-refractivity contribution in [2.75, 3.05) is 29.9 Å². The SMILES string of the molecule is CC(C(=O)O)N(CC(=O)Nc1ccc(N2CCCCC2)nc1)C1CC1. The van der Waals surface area contributed by atoms with Gasteiger partial charge in [0.2, 0.25) is 5.91 Å². The molecule has 3 rings (SSSR count). The molecule has 1 aliphatic heterocycles. The van der Waals surface area contributed by atoms with Crippen LogP contribution in [0.2, 0.25) is 0 Å². The van der Waals surface area contributed by atoms with Gasteiger partial charge in [-0.2, -0.15) is 0 Å². The molecule has 2 N–H and O–H groups in total. The van der Waals surface area contributed by atoms with Crippen molar-refractivity contribution in [1.82, 2.24) is 9.88 Å². The van der Waals surface area contributed by atoms with E-state index in [9.17, 15) is 14.7 Å². The zero-order chi connectivity index (χ0) is 17.8. The van der Waals surface area contributed by atoms with Crippen LogP contribution >= 0.6 is 0 Å². The van der Waals surface area contributed by atoms with E-state index < -0.39 is 12.0 Å². The third-order valence-corrected chi connectivity index (χ3v) is 4.91. The summed E-state index contributed by atoms with van der Waals surface area (Å²) >= 11 is 0. The van der Waals surface area contributed by atoms with Crippen LogP contribution < -0.4 is 10.2 Å². The number of amides is 1. The fourth-order valence-corrected chi connectivity index (χ4v) is 3.27. The number of aliphatic carboxylic acids is 1. The average Bonchev–Trinajstić information content (AvgIpc) is 3.45. The van der Waals surface area contributed by atoms with Gasteiger partial charge in [0.25, 0.3) is 0 Å². The van der Waals surface area contributed by atoms with Crippen LogP contribution in [0.5, 0.6) is 0 Å². The highest BCUT2D eigenvalue weighted by molar-refractivity contribution is 5.92. The van der Waals surface area contributed by atoms with Crippen LogP contribution in [0.15, 0.2) is 18.3 Å². The molecule has 7 heteroatoms. The third kappa shape index (κ3) is 4.69. The molecule has 136 valence electrons. The fraction of sp³-hybridized carbons (Fsp3) is 0.611. The lowest BCUT2D eigenvalue weighted by Gasteiger charge is -2.27. The predicted molar refractivity (Wildman–Crippen MR) is 95.8 cm³/mol. The molecule has 1 aromatic heterocycles. The number of carboxylic acids is 1. The van der Waals surface area contributed by atoms with E-state index in [4.69, 9.17) is 0 Å². The number of nitrogens with one attached hydrogen (secondary N) is 1. The van der Waals surface area contributed by atoms with E-state index in [-0.39, 0.29) is 18.5 Å². The molecule has 2 aliphatic rings. The van der Waals surface area contributed by atoms with Crippen molar-refractivity contribution in [3.05, 3.63) is 18.3 Å². The minimum Gasteiger partial charge on any atom is -0.480 e. The minimum absolute atomic E-state index is 0.0893. The number of aromatic nitrogens is 1. The Balaban J connectivity index is 1.55. The molecule has 1 aliphatic carbocycles. The summed E-state index contributed by atoms with van der Waals surface area (Å²) in [4.78, 5) is 32.0. The number of nitrogens with zero attached hydrogens (tertiary/aromatic N) is 3. The Bertz CT molecular complexity index is 609. The van der Waals surface area contributed by atoms with Crippen LogP contribution in [0.1, 0.15) is 39.0 Å². The highest BCUT2D eigenvalue weighted by atomic mass is 16.4. The molecule has 7 nitrogen and oxygen atoms in total. The van der Waals surface area contributed by atoms with E-state index in [0.29, 0.717) is 5.69 Å². The summed E-state index contributed by atoms with van der Waals surface area (Å²) in [5.41, 5.74) is 0.643. The summed E-state index contributed by atoms with van der Waals surface area (Å²) in [6, 6.07) is 3.34. The van der Waals surface area contributed by atoms with E-state index in [0.717, 1.165) is 31.7 Å². The zero-order valence-electron chi connectivity index (χ0n) is 14.6. The van der Waals surface area contributed by atoms with Gasteiger partial charge in [0.15, 0.2) is 0 Å². The lowest BCUT2D eigenvalue weighted by Crippen LogP contribution is -2.44. The molecule has 0 spiro atoms. The molecule has 0 aromatic carbocycles. The van der Waals surface area contributed by atoms with E-state index in [1.54, 1.807) is 18.0 Å². The van der Waals surface area contributed by atoms with Crippen molar-refractivity contribution < 1.29 is 14.7 Å². The Hall–Kier alpha value is -2.15. The van der Waals surface area contributed by atoms with E-state index in [1.807, 2.05) is 12.1 Å². The molecule has 2 heterocycles. The van der Waals surface area contributed by atoms with Crippen molar-refractivity contribution in [3.8, 4) is 0 Å². The molecular formula is C18H26N4O3. The highest BCUT2D eigenvalue weighted by Gasteiger charge is 2.36. The first-order valence-electron chi connectivity index (χ1n) is 9.04. The maximum absolute atomic E-state index is 12.3. The van der Waals surface area contributed by atoms with Gasteiger partial charge in [-0.1, -0.05) is 0 Å². The molecule has 1 saturated carbocycles. The maximum Gasteiger partial charge on any atom is 0.320 e. The Morgan fingerprint density at radius 2 is 2.04 bits per heavy atom. The number of hydrogen-bond donors (Lipinski definition) is 2. The lowest BCUT2D eigenvalue weighted by molar-refractivity contribution is -0.143. The number of carboxylic acid groups (broad SMARTS) is 1. The van der Waals surface area contributed by atoms with E-state index >= 15 is 0 Å². The summed E-state index contributed by atoms with van der Waals surface area (Å²) in [7, 11) is 0. The van der Waals surface area contributed by atoms with Crippen molar-refractivity contribution >= 4 is 23.4 Å². The average molecular weight is 346 g/mol. The Morgan fingerprint density at radius 3 is 2.60 bits per heavy atom. The lowest BCUT2D eigenvalue weighted by atomic mass is 10.1. The molecule has 0 radical (unpaired) electrons. The fourth-order valence-electron chi connectivity index (χ4n) is 3.27. The monoisotopic (exact) mass is 346 g/mol. The molecule has 1 saturated heterocycles. The Kier molecular flexibility index (Phi) is 5.53. The predicted octanol–water partition coefficient (Wildman–Crippen LogP) is 1.95. The molecule has 25 heavy (non-hydrogen) atoms. The van der Waals surface area contributed by atoms with Gasteiger partial charge in [-0.25, -0.2) is 4.98 Å². The Labute approximate surface area is 148 Å². The van der Waals surface area contributed by atoms with Crippen LogP contribution in [0.4, 0.5) is 11.5 Å². The van der Waals surface area contributed by atoms with Gasteiger partial charge in [-0.05, 0) is 51.2 Å². The topological polar surface area (TPSA) is 85.8 Å². The van der Waals surface area contributed by atoms with Crippen molar-refractivity contribution in [1.29, 1.82) is 0 Å². The molecule has 1 aromatic rings.